The van der Waals surface area contributed by atoms with Crippen LogP contribution in [0.2, 0.25) is 0 Å². The summed E-state index contributed by atoms with van der Waals surface area (Å²) in [6.07, 6.45) is -3.15. The first kappa shape index (κ1) is 20.3. The Hall–Kier alpha value is -2.05. The first-order valence-corrected chi connectivity index (χ1v) is 8.01. The molecule has 146 valence electrons. The van der Waals surface area contributed by atoms with Gasteiger partial charge in [-0.2, -0.15) is 4.98 Å². The SMILES string of the molecule is CN(C)CCOC(=O)Nc1ccn([C@@H]2O[C@H](CO)[C@@H](O)[C@@]2(C)O)c(=O)n1. The molecule has 0 saturated carbocycles. The summed E-state index contributed by atoms with van der Waals surface area (Å²) < 4.78 is 11.3. The Morgan fingerprint density at radius 1 is 1.54 bits per heavy atom. The normalized spacial score (nSPS) is 28.3. The molecule has 1 aromatic heterocycles. The molecule has 0 radical (unpaired) electrons. The Bertz CT molecular complexity index is 691. The molecule has 0 bridgehead atoms. The summed E-state index contributed by atoms with van der Waals surface area (Å²) in [7, 11) is 3.67. The fourth-order valence-electron chi connectivity index (χ4n) is 2.51. The lowest BCUT2D eigenvalue weighted by Crippen LogP contribution is -2.46. The van der Waals surface area contributed by atoms with Gasteiger partial charge >= 0.3 is 11.8 Å². The molecule has 1 aliphatic rings. The molecule has 4 atom stereocenters. The fourth-order valence-corrected chi connectivity index (χ4v) is 2.51. The lowest BCUT2D eigenvalue weighted by Gasteiger charge is -2.27. The average molecular weight is 372 g/mol. The van der Waals surface area contributed by atoms with Gasteiger partial charge in [-0.25, -0.2) is 9.59 Å². The molecule has 2 rings (SSSR count). The van der Waals surface area contributed by atoms with Crippen molar-refractivity contribution in [3.8, 4) is 0 Å². The standard InChI is InChI=1S/C15H24N4O7/c1-15(24)11(21)9(8-20)26-12(15)19-5-4-10(16-13(19)22)17-14(23)25-7-6-18(2)3/h4-5,9,11-12,20-21,24H,6-8H2,1-3H3,(H,16,17,22,23)/t9-,11-,12-,15-/m1/s1. The zero-order valence-corrected chi connectivity index (χ0v) is 14.8. The lowest BCUT2D eigenvalue weighted by molar-refractivity contribution is -0.0986. The van der Waals surface area contributed by atoms with Gasteiger partial charge in [-0.3, -0.25) is 9.88 Å². The molecule has 11 nitrogen and oxygen atoms in total. The Kier molecular flexibility index (Phi) is 6.31. The van der Waals surface area contributed by atoms with Crippen LogP contribution in [0.4, 0.5) is 10.6 Å². The minimum Gasteiger partial charge on any atom is -0.448 e. The van der Waals surface area contributed by atoms with Crippen molar-refractivity contribution in [2.75, 3.05) is 39.2 Å². The van der Waals surface area contributed by atoms with Gasteiger partial charge in [-0.15, -0.1) is 0 Å². The number of likely N-dealkylation sites (N-methyl/N-ethyl adjacent to an activating group) is 1. The highest BCUT2D eigenvalue weighted by Gasteiger charge is 2.53. The van der Waals surface area contributed by atoms with Crippen molar-refractivity contribution in [2.24, 2.45) is 0 Å². The first-order chi connectivity index (χ1) is 12.2. The van der Waals surface area contributed by atoms with Crippen molar-refractivity contribution in [3.05, 3.63) is 22.7 Å². The number of hydrogen-bond donors (Lipinski definition) is 4. The molecule has 1 aromatic rings. The summed E-state index contributed by atoms with van der Waals surface area (Å²) in [5.41, 5.74) is -2.62. The third kappa shape index (κ3) is 4.37. The van der Waals surface area contributed by atoms with E-state index in [1.54, 1.807) is 0 Å². The van der Waals surface area contributed by atoms with Gasteiger partial charge in [0, 0.05) is 12.7 Å². The van der Waals surface area contributed by atoms with E-state index in [4.69, 9.17) is 9.47 Å². The molecule has 0 aromatic carbocycles. The van der Waals surface area contributed by atoms with E-state index < -0.39 is 42.4 Å². The van der Waals surface area contributed by atoms with Gasteiger partial charge in [0.15, 0.2) is 6.23 Å². The van der Waals surface area contributed by atoms with E-state index in [-0.39, 0.29) is 12.4 Å². The molecule has 4 N–H and O–H groups in total. The van der Waals surface area contributed by atoms with Gasteiger partial charge in [-0.05, 0) is 27.1 Å². The van der Waals surface area contributed by atoms with Crippen LogP contribution in [0, 0.1) is 0 Å². The second kappa shape index (κ2) is 8.10. The third-order valence-corrected chi connectivity index (χ3v) is 4.02. The Morgan fingerprint density at radius 2 is 2.23 bits per heavy atom. The maximum absolute atomic E-state index is 12.2. The van der Waals surface area contributed by atoms with Gasteiger partial charge in [0.25, 0.3) is 0 Å². The van der Waals surface area contributed by atoms with Crippen molar-refractivity contribution >= 4 is 11.9 Å². The number of amides is 1. The van der Waals surface area contributed by atoms with Gasteiger partial charge in [0.1, 0.15) is 30.2 Å². The summed E-state index contributed by atoms with van der Waals surface area (Å²) in [6, 6.07) is 1.33. The van der Waals surface area contributed by atoms with Crippen LogP contribution in [-0.2, 0) is 9.47 Å². The van der Waals surface area contributed by atoms with E-state index in [0.29, 0.717) is 6.54 Å². The van der Waals surface area contributed by atoms with E-state index >= 15 is 0 Å². The monoisotopic (exact) mass is 372 g/mol. The number of ether oxygens (including phenoxy) is 2. The molecule has 1 aliphatic heterocycles. The number of aliphatic hydroxyl groups excluding tert-OH is 2. The van der Waals surface area contributed by atoms with Gasteiger partial charge in [0.05, 0.1) is 6.61 Å². The van der Waals surface area contributed by atoms with Crippen molar-refractivity contribution in [1.29, 1.82) is 0 Å². The van der Waals surface area contributed by atoms with Gasteiger partial charge in [0.2, 0.25) is 0 Å². The molecular formula is C15H24N4O7. The molecule has 2 heterocycles. The number of carbonyl (C=O) groups excluding carboxylic acids is 1. The summed E-state index contributed by atoms with van der Waals surface area (Å²) in [5.74, 6) is -0.0296. The van der Waals surface area contributed by atoms with Crippen LogP contribution < -0.4 is 11.0 Å². The minimum atomic E-state index is -1.81. The average Bonchev–Trinajstić information content (AvgIpc) is 2.77. The Labute approximate surface area is 149 Å². The quantitative estimate of drug-likeness (QED) is 0.461. The van der Waals surface area contributed by atoms with E-state index in [2.05, 4.69) is 10.3 Å². The zero-order chi connectivity index (χ0) is 19.5. The van der Waals surface area contributed by atoms with Crippen molar-refractivity contribution in [3.63, 3.8) is 0 Å². The number of aliphatic hydroxyl groups is 3. The smallest absolute Gasteiger partial charge is 0.412 e. The molecule has 1 saturated heterocycles. The summed E-state index contributed by atoms with van der Waals surface area (Å²) >= 11 is 0. The predicted octanol–water partition coefficient (Wildman–Crippen LogP) is -1.64. The second-order valence-electron chi connectivity index (χ2n) is 6.45. The van der Waals surface area contributed by atoms with Crippen LogP contribution in [-0.4, -0.2) is 87.5 Å². The second-order valence-corrected chi connectivity index (χ2v) is 6.45. The molecule has 1 amide bonds. The molecule has 26 heavy (non-hydrogen) atoms. The fraction of sp³-hybridized carbons (Fsp3) is 0.667. The predicted molar refractivity (Wildman–Crippen MR) is 89.6 cm³/mol. The first-order valence-electron chi connectivity index (χ1n) is 8.01. The zero-order valence-electron chi connectivity index (χ0n) is 14.8. The van der Waals surface area contributed by atoms with Gasteiger partial charge in [-0.1, -0.05) is 0 Å². The van der Waals surface area contributed by atoms with Crippen LogP contribution in [0.3, 0.4) is 0 Å². The van der Waals surface area contributed by atoms with E-state index in [0.717, 1.165) is 4.57 Å². The topological polar surface area (TPSA) is 146 Å². The molecular weight excluding hydrogens is 348 g/mol. The summed E-state index contributed by atoms with van der Waals surface area (Å²) in [4.78, 5) is 29.4. The molecule has 0 aliphatic carbocycles. The Morgan fingerprint density at radius 3 is 2.77 bits per heavy atom. The highest BCUT2D eigenvalue weighted by atomic mass is 16.6. The van der Waals surface area contributed by atoms with E-state index in [9.17, 15) is 24.9 Å². The molecule has 0 spiro atoms. The van der Waals surface area contributed by atoms with Crippen LogP contribution in [0.1, 0.15) is 13.2 Å². The number of hydrogen-bond acceptors (Lipinski definition) is 9. The number of nitrogens with one attached hydrogen (secondary N) is 1. The molecule has 11 heteroatoms. The number of anilines is 1. The molecule has 1 fully saturated rings. The number of aromatic nitrogens is 2. The highest BCUT2D eigenvalue weighted by molar-refractivity contribution is 5.83. The number of nitrogens with zero attached hydrogens (tertiary/aromatic N) is 3. The lowest BCUT2D eigenvalue weighted by atomic mass is 9.96. The van der Waals surface area contributed by atoms with Crippen LogP contribution in [0.15, 0.2) is 17.1 Å². The van der Waals surface area contributed by atoms with Crippen molar-refractivity contribution < 1.29 is 29.6 Å². The largest absolute Gasteiger partial charge is 0.448 e. The summed E-state index contributed by atoms with van der Waals surface area (Å²) in [5, 5.41) is 31.9. The minimum absolute atomic E-state index is 0.0296. The number of carbonyl (C=O) groups is 1. The third-order valence-electron chi connectivity index (χ3n) is 4.02. The maximum Gasteiger partial charge on any atom is 0.412 e. The van der Waals surface area contributed by atoms with Gasteiger partial charge < -0.3 is 29.7 Å². The van der Waals surface area contributed by atoms with Crippen molar-refractivity contribution in [2.45, 2.75) is 31.0 Å². The summed E-state index contributed by atoms with van der Waals surface area (Å²) in [6.45, 7) is 1.49. The van der Waals surface area contributed by atoms with Crippen LogP contribution >= 0.6 is 0 Å². The maximum atomic E-state index is 12.2. The van der Waals surface area contributed by atoms with E-state index in [1.807, 2.05) is 19.0 Å². The van der Waals surface area contributed by atoms with E-state index in [1.165, 1.54) is 19.2 Å². The van der Waals surface area contributed by atoms with Crippen LogP contribution in [0.5, 0.6) is 0 Å². The highest BCUT2D eigenvalue weighted by Crippen LogP contribution is 2.37. The van der Waals surface area contributed by atoms with Crippen LogP contribution in [0.25, 0.3) is 0 Å². The van der Waals surface area contributed by atoms with Crippen molar-refractivity contribution in [1.82, 2.24) is 14.5 Å². The number of rotatable bonds is 6. The molecule has 0 unspecified atom stereocenters. The Balaban J connectivity index is 2.08.